The number of pyridine rings is 1. The van der Waals surface area contributed by atoms with Crippen LogP contribution in [0.3, 0.4) is 0 Å². The van der Waals surface area contributed by atoms with Crippen LogP contribution in [0.5, 0.6) is 0 Å². The van der Waals surface area contributed by atoms with Crippen molar-refractivity contribution in [3.63, 3.8) is 0 Å². The predicted octanol–water partition coefficient (Wildman–Crippen LogP) is 7.58. The summed E-state index contributed by atoms with van der Waals surface area (Å²) in [6.45, 7) is 2.24. The third kappa shape index (κ3) is 5.14. The van der Waals surface area contributed by atoms with E-state index in [0.29, 0.717) is 17.7 Å². The van der Waals surface area contributed by atoms with Crippen LogP contribution in [0.15, 0.2) is 53.2 Å². The lowest BCUT2D eigenvalue weighted by molar-refractivity contribution is 0.521. The Labute approximate surface area is 181 Å². The fraction of sp³-hybridized carbons (Fsp3) is 0.360. The van der Waals surface area contributed by atoms with Gasteiger partial charge in [0.1, 0.15) is 22.0 Å². The average molecular weight is 423 g/mol. The minimum Gasteiger partial charge on any atom is -0.461 e. The molecule has 0 radical (unpaired) electrons. The molecular formula is C25H27FN2OS. The summed E-state index contributed by atoms with van der Waals surface area (Å²) in [6.07, 6.45) is 12.6. The molecule has 0 N–H and O–H groups in total. The highest BCUT2D eigenvalue weighted by atomic mass is 32.1. The van der Waals surface area contributed by atoms with Crippen LogP contribution in [0.2, 0.25) is 0 Å². The molecule has 3 aromatic heterocycles. The molecule has 0 fully saturated rings. The highest BCUT2D eigenvalue weighted by molar-refractivity contribution is 7.10. The Balaban J connectivity index is 1.40. The van der Waals surface area contributed by atoms with Crippen LogP contribution in [0.1, 0.15) is 61.8 Å². The number of nitrogens with zero attached hydrogens (tertiary/aromatic N) is 2. The van der Waals surface area contributed by atoms with Crippen LogP contribution in [0.25, 0.3) is 22.2 Å². The molecule has 30 heavy (non-hydrogen) atoms. The summed E-state index contributed by atoms with van der Waals surface area (Å²) >= 11 is 1.10. The fourth-order valence-electron chi connectivity index (χ4n) is 3.73. The zero-order valence-corrected chi connectivity index (χ0v) is 18.2. The van der Waals surface area contributed by atoms with Crippen LogP contribution >= 0.6 is 11.3 Å². The molecule has 0 amide bonds. The van der Waals surface area contributed by atoms with Gasteiger partial charge in [-0.15, -0.1) is 0 Å². The maximum absolute atomic E-state index is 14.4. The van der Waals surface area contributed by atoms with Crippen LogP contribution in [-0.4, -0.2) is 9.97 Å². The minimum atomic E-state index is -0.261. The third-order valence-corrected chi connectivity index (χ3v) is 6.17. The predicted molar refractivity (Wildman–Crippen MR) is 121 cm³/mol. The summed E-state index contributed by atoms with van der Waals surface area (Å²) in [5, 5.41) is 1.61. The highest BCUT2D eigenvalue weighted by Crippen LogP contribution is 2.29. The van der Waals surface area contributed by atoms with Crippen molar-refractivity contribution in [2.45, 2.75) is 58.3 Å². The lowest BCUT2D eigenvalue weighted by Crippen LogP contribution is -1.88. The van der Waals surface area contributed by atoms with E-state index in [9.17, 15) is 4.39 Å². The second-order valence-electron chi connectivity index (χ2n) is 7.75. The Hall–Kier alpha value is -2.53. The van der Waals surface area contributed by atoms with Gasteiger partial charge in [0.25, 0.3) is 0 Å². The van der Waals surface area contributed by atoms with Gasteiger partial charge in [-0.05, 0) is 42.3 Å². The molecule has 1 aromatic carbocycles. The van der Waals surface area contributed by atoms with E-state index in [-0.39, 0.29) is 5.13 Å². The van der Waals surface area contributed by atoms with Crippen molar-refractivity contribution in [2.24, 2.45) is 0 Å². The molecule has 5 heteroatoms. The van der Waals surface area contributed by atoms with Crippen molar-refractivity contribution in [3.05, 3.63) is 70.3 Å². The van der Waals surface area contributed by atoms with Gasteiger partial charge in [-0.25, -0.2) is 4.98 Å². The van der Waals surface area contributed by atoms with E-state index >= 15 is 0 Å². The van der Waals surface area contributed by atoms with Gasteiger partial charge >= 0.3 is 0 Å². The minimum absolute atomic E-state index is 0.261. The number of furan rings is 1. The number of hydrogen-bond donors (Lipinski definition) is 0. The van der Waals surface area contributed by atoms with Gasteiger partial charge in [-0.1, -0.05) is 56.4 Å². The van der Waals surface area contributed by atoms with Crippen molar-refractivity contribution in [3.8, 4) is 11.3 Å². The lowest BCUT2D eigenvalue weighted by Gasteiger charge is -1.98. The normalized spacial score (nSPS) is 11.4. The largest absolute Gasteiger partial charge is 0.461 e. The number of hydrogen-bond acceptors (Lipinski definition) is 4. The standard InChI is InChI=1S/C25H27FN2OS/c1-2-3-4-5-6-7-10-21-16-20-14-18(11-12-22(20)29-21)15-23-28-24(25(26)30-23)19-9-8-13-27-17-19/h8-9,11-14,16-17H,2-7,10,15H2,1H3. The van der Waals surface area contributed by atoms with E-state index in [4.69, 9.17) is 4.42 Å². The number of thiazole rings is 1. The first-order valence-electron chi connectivity index (χ1n) is 10.8. The number of benzene rings is 1. The van der Waals surface area contributed by atoms with Gasteiger partial charge < -0.3 is 4.42 Å². The number of aryl methyl sites for hydroxylation is 1. The summed E-state index contributed by atoms with van der Waals surface area (Å²) in [6, 6.07) is 12.0. The van der Waals surface area contributed by atoms with E-state index in [2.05, 4.69) is 29.0 Å². The molecule has 0 bridgehead atoms. The van der Waals surface area contributed by atoms with Crippen molar-refractivity contribution in [2.75, 3.05) is 0 Å². The molecule has 3 nitrogen and oxygen atoms in total. The maximum atomic E-state index is 14.4. The summed E-state index contributed by atoms with van der Waals surface area (Å²) < 4.78 is 20.4. The van der Waals surface area contributed by atoms with Gasteiger partial charge in [-0.3, -0.25) is 4.98 Å². The zero-order valence-electron chi connectivity index (χ0n) is 17.4. The van der Waals surface area contributed by atoms with Crippen LogP contribution in [-0.2, 0) is 12.8 Å². The fourth-order valence-corrected chi connectivity index (χ4v) is 4.58. The summed E-state index contributed by atoms with van der Waals surface area (Å²) in [4.78, 5) is 8.57. The quantitative estimate of drug-likeness (QED) is 0.247. The Kier molecular flexibility index (Phi) is 6.90. The Bertz CT molecular complexity index is 1090. The molecule has 0 aliphatic carbocycles. The molecule has 0 atom stereocenters. The van der Waals surface area contributed by atoms with Gasteiger partial charge in [0.15, 0.2) is 0 Å². The zero-order chi connectivity index (χ0) is 20.8. The first-order chi connectivity index (χ1) is 14.7. The smallest absolute Gasteiger partial charge is 0.204 e. The van der Waals surface area contributed by atoms with Crippen LogP contribution in [0.4, 0.5) is 4.39 Å². The molecular weight excluding hydrogens is 395 g/mol. The number of fused-ring (bicyclic) bond motifs is 1. The van der Waals surface area contributed by atoms with E-state index in [1.54, 1.807) is 18.5 Å². The van der Waals surface area contributed by atoms with E-state index in [0.717, 1.165) is 45.1 Å². The van der Waals surface area contributed by atoms with Gasteiger partial charge in [0, 0.05) is 36.2 Å². The highest BCUT2D eigenvalue weighted by Gasteiger charge is 2.14. The average Bonchev–Trinajstić information content (AvgIpc) is 3.33. The van der Waals surface area contributed by atoms with E-state index < -0.39 is 0 Å². The molecule has 0 aliphatic heterocycles. The van der Waals surface area contributed by atoms with Crippen LogP contribution < -0.4 is 0 Å². The van der Waals surface area contributed by atoms with Gasteiger partial charge in [0.05, 0.1) is 0 Å². The first kappa shape index (κ1) is 20.7. The molecule has 3 heterocycles. The maximum Gasteiger partial charge on any atom is 0.204 e. The molecule has 0 spiro atoms. The van der Waals surface area contributed by atoms with Crippen molar-refractivity contribution in [1.29, 1.82) is 0 Å². The molecule has 4 rings (SSSR count). The molecule has 0 unspecified atom stereocenters. The Morgan fingerprint density at radius 3 is 2.73 bits per heavy atom. The van der Waals surface area contributed by atoms with Crippen molar-refractivity contribution < 1.29 is 8.81 Å². The number of aromatic nitrogens is 2. The number of halogens is 1. The Morgan fingerprint density at radius 2 is 1.90 bits per heavy atom. The number of rotatable bonds is 10. The van der Waals surface area contributed by atoms with Crippen molar-refractivity contribution >= 4 is 22.3 Å². The monoisotopic (exact) mass is 422 g/mol. The van der Waals surface area contributed by atoms with Crippen LogP contribution in [0, 0.1) is 5.13 Å². The second-order valence-corrected chi connectivity index (χ2v) is 8.78. The summed E-state index contributed by atoms with van der Waals surface area (Å²) in [7, 11) is 0. The molecule has 4 aromatic rings. The molecule has 0 saturated carbocycles. The SMILES string of the molecule is CCCCCCCCc1cc2cc(Cc3nc(-c4cccnc4)c(F)s3)ccc2o1. The van der Waals surface area contributed by atoms with E-state index in [1.165, 1.54) is 38.5 Å². The number of unbranched alkanes of at least 4 members (excludes halogenated alkanes) is 5. The third-order valence-electron chi connectivity index (χ3n) is 5.33. The van der Waals surface area contributed by atoms with Crippen molar-refractivity contribution in [1.82, 2.24) is 9.97 Å². The topological polar surface area (TPSA) is 38.9 Å². The molecule has 0 saturated heterocycles. The van der Waals surface area contributed by atoms with Gasteiger partial charge in [0.2, 0.25) is 5.13 Å². The molecule has 0 aliphatic rings. The second kappa shape index (κ2) is 9.98. The molecule has 156 valence electrons. The van der Waals surface area contributed by atoms with Gasteiger partial charge in [-0.2, -0.15) is 4.39 Å². The van der Waals surface area contributed by atoms with E-state index in [1.807, 2.05) is 18.2 Å². The lowest BCUT2D eigenvalue weighted by atomic mass is 10.1. The summed E-state index contributed by atoms with van der Waals surface area (Å²) in [5.41, 5.74) is 3.12. The first-order valence-corrected chi connectivity index (χ1v) is 11.6. The Morgan fingerprint density at radius 1 is 1.03 bits per heavy atom. The summed E-state index contributed by atoms with van der Waals surface area (Å²) in [5.74, 6) is 1.05.